The van der Waals surface area contributed by atoms with Crippen molar-refractivity contribution in [1.29, 1.82) is 0 Å². The van der Waals surface area contributed by atoms with Gasteiger partial charge in [-0.15, -0.1) is 0 Å². The highest BCUT2D eigenvalue weighted by molar-refractivity contribution is 6.30. The van der Waals surface area contributed by atoms with E-state index in [1.54, 1.807) is 43.0 Å². The van der Waals surface area contributed by atoms with Gasteiger partial charge < -0.3 is 24.0 Å². The summed E-state index contributed by atoms with van der Waals surface area (Å²) in [5, 5.41) is 0.587. The highest BCUT2D eigenvalue weighted by Crippen LogP contribution is 2.38. The van der Waals surface area contributed by atoms with E-state index < -0.39 is 17.7 Å². The van der Waals surface area contributed by atoms with Crippen LogP contribution >= 0.6 is 11.6 Å². The number of benzene rings is 2. The zero-order chi connectivity index (χ0) is 27.6. The Morgan fingerprint density at radius 3 is 2.28 bits per heavy atom. The van der Waals surface area contributed by atoms with Gasteiger partial charge in [0.05, 0.1) is 31.9 Å². The quantitative estimate of drug-likeness (QED) is 0.484. The van der Waals surface area contributed by atoms with Crippen LogP contribution in [0.1, 0.15) is 60.5 Å². The normalized spacial score (nSPS) is 21.0. The van der Waals surface area contributed by atoms with E-state index in [9.17, 15) is 14.4 Å². The molecule has 8 nitrogen and oxygen atoms in total. The molecule has 0 aromatic heterocycles. The number of carbonyl (C=O) groups is 3. The van der Waals surface area contributed by atoms with Gasteiger partial charge in [-0.1, -0.05) is 35.9 Å². The molecule has 5 rings (SSSR count). The molecule has 1 unspecified atom stereocenters. The predicted molar refractivity (Wildman–Crippen MR) is 145 cm³/mol. The molecule has 206 valence electrons. The van der Waals surface area contributed by atoms with Crippen molar-refractivity contribution in [3.8, 4) is 0 Å². The van der Waals surface area contributed by atoms with Crippen molar-refractivity contribution in [1.82, 2.24) is 9.80 Å². The van der Waals surface area contributed by atoms with Crippen molar-refractivity contribution in [2.24, 2.45) is 0 Å². The molecule has 2 aromatic rings. The summed E-state index contributed by atoms with van der Waals surface area (Å²) in [6, 6.07) is 14.5. The van der Waals surface area contributed by atoms with Crippen LogP contribution < -0.4 is 0 Å². The number of rotatable bonds is 6. The fourth-order valence-corrected chi connectivity index (χ4v) is 5.74. The summed E-state index contributed by atoms with van der Waals surface area (Å²) in [5.74, 6) is -1.48. The van der Waals surface area contributed by atoms with E-state index in [1.165, 1.54) is 0 Å². The lowest BCUT2D eigenvalue weighted by Crippen LogP contribution is -2.47. The molecule has 0 aliphatic carbocycles. The van der Waals surface area contributed by atoms with Crippen molar-refractivity contribution in [3.63, 3.8) is 0 Å². The molecule has 3 aliphatic heterocycles. The standard InChI is InChI=1S/C30H33ClN2O6/c1-3-37-29(36)27-20(2)33(26(34)18-25(27)22-8-10-24(31)11-9-22)19-21-4-6-23(7-5-21)28(35)32-14-12-30(13-15-32)38-16-17-39-30/h4-11,25H,3,12-19H2,1-2H3. The number of hydrogen-bond acceptors (Lipinski definition) is 6. The molecule has 0 saturated carbocycles. The Labute approximate surface area is 233 Å². The Hall–Kier alpha value is -3.20. The first-order valence-electron chi connectivity index (χ1n) is 13.4. The second-order valence-corrected chi connectivity index (χ2v) is 10.5. The summed E-state index contributed by atoms with van der Waals surface area (Å²) >= 11 is 6.06. The van der Waals surface area contributed by atoms with E-state index in [-0.39, 0.29) is 31.4 Å². The number of likely N-dealkylation sites (tertiary alicyclic amines) is 1. The van der Waals surface area contributed by atoms with E-state index in [1.807, 2.05) is 29.2 Å². The van der Waals surface area contributed by atoms with Gasteiger partial charge in [0, 0.05) is 54.6 Å². The average Bonchev–Trinajstić information content (AvgIpc) is 3.39. The summed E-state index contributed by atoms with van der Waals surface area (Å²) in [4.78, 5) is 42.9. The van der Waals surface area contributed by atoms with E-state index in [2.05, 4.69) is 0 Å². The van der Waals surface area contributed by atoms with Gasteiger partial charge in [-0.3, -0.25) is 9.59 Å². The number of carbonyl (C=O) groups excluding carboxylic acids is 3. The summed E-state index contributed by atoms with van der Waals surface area (Å²) in [5.41, 5.74) is 3.34. The van der Waals surface area contributed by atoms with Gasteiger partial charge in [-0.2, -0.15) is 0 Å². The first-order chi connectivity index (χ1) is 18.8. The predicted octanol–water partition coefficient (Wildman–Crippen LogP) is 4.67. The lowest BCUT2D eigenvalue weighted by Gasteiger charge is -2.37. The molecule has 2 fully saturated rings. The Morgan fingerprint density at radius 1 is 1.03 bits per heavy atom. The van der Waals surface area contributed by atoms with Gasteiger partial charge >= 0.3 is 5.97 Å². The number of allylic oxidation sites excluding steroid dienone is 1. The zero-order valence-corrected chi connectivity index (χ0v) is 23.0. The minimum absolute atomic E-state index is 0.0325. The monoisotopic (exact) mass is 552 g/mol. The number of nitrogens with zero attached hydrogens (tertiary/aromatic N) is 2. The van der Waals surface area contributed by atoms with Crippen LogP contribution in [0.5, 0.6) is 0 Å². The second kappa shape index (κ2) is 11.5. The van der Waals surface area contributed by atoms with Crippen molar-refractivity contribution in [2.45, 2.75) is 51.4 Å². The van der Waals surface area contributed by atoms with E-state index in [4.69, 9.17) is 25.8 Å². The largest absolute Gasteiger partial charge is 0.463 e. The molecule has 2 aromatic carbocycles. The fraction of sp³-hybridized carbons (Fsp3) is 0.433. The van der Waals surface area contributed by atoms with Crippen molar-refractivity contribution < 1.29 is 28.6 Å². The summed E-state index contributed by atoms with van der Waals surface area (Å²) in [6.07, 6.45) is 1.48. The third kappa shape index (κ3) is 5.73. The number of halogens is 1. The van der Waals surface area contributed by atoms with Gasteiger partial charge in [-0.05, 0) is 49.2 Å². The minimum Gasteiger partial charge on any atom is -0.463 e. The van der Waals surface area contributed by atoms with Crippen molar-refractivity contribution in [3.05, 3.63) is 81.5 Å². The first-order valence-corrected chi connectivity index (χ1v) is 13.8. The van der Waals surface area contributed by atoms with Gasteiger partial charge in [-0.25, -0.2) is 4.79 Å². The number of esters is 1. The van der Waals surface area contributed by atoms with Crippen LogP contribution in [0.2, 0.25) is 5.02 Å². The van der Waals surface area contributed by atoms with E-state index in [0.29, 0.717) is 61.0 Å². The lowest BCUT2D eigenvalue weighted by atomic mass is 9.83. The number of amides is 2. The Bertz CT molecular complexity index is 1260. The van der Waals surface area contributed by atoms with Crippen LogP contribution in [-0.2, 0) is 30.3 Å². The van der Waals surface area contributed by atoms with Crippen molar-refractivity contribution >= 4 is 29.4 Å². The number of piperidine rings is 1. The highest BCUT2D eigenvalue weighted by Gasteiger charge is 2.41. The number of hydrogen-bond donors (Lipinski definition) is 0. The third-order valence-corrected chi connectivity index (χ3v) is 8.01. The molecule has 3 aliphatic rings. The molecule has 1 spiro atoms. The molecule has 3 heterocycles. The first kappa shape index (κ1) is 27.4. The van der Waals surface area contributed by atoms with Gasteiger partial charge in [0.15, 0.2) is 5.79 Å². The summed E-state index contributed by atoms with van der Waals surface area (Å²) in [6.45, 7) is 6.44. The van der Waals surface area contributed by atoms with Crippen LogP contribution in [0, 0.1) is 0 Å². The summed E-state index contributed by atoms with van der Waals surface area (Å²) < 4.78 is 16.9. The molecular weight excluding hydrogens is 520 g/mol. The number of ether oxygens (including phenoxy) is 3. The molecule has 9 heteroatoms. The maximum absolute atomic E-state index is 13.3. The Morgan fingerprint density at radius 2 is 1.67 bits per heavy atom. The molecular formula is C30H33ClN2O6. The minimum atomic E-state index is -0.526. The zero-order valence-electron chi connectivity index (χ0n) is 22.3. The maximum atomic E-state index is 13.3. The van der Waals surface area contributed by atoms with Crippen LogP contribution in [0.15, 0.2) is 59.8 Å². The SMILES string of the molecule is CCOC(=O)C1=C(C)N(Cc2ccc(C(=O)N3CCC4(CC3)OCCO4)cc2)C(=O)CC1c1ccc(Cl)cc1. The van der Waals surface area contributed by atoms with E-state index >= 15 is 0 Å². The van der Waals surface area contributed by atoms with Gasteiger partial charge in [0.25, 0.3) is 5.91 Å². The van der Waals surface area contributed by atoms with E-state index in [0.717, 1.165) is 11.1 Å². The average molecular weight is 553 g/mol. The molecule has 2 saturated heterocycles. The topological polar surface area (TPSA) is 85.4 Å². The third-order valence-electron chi connectivity index (χ3n) is 7.76. The Balaban J connectivity index is 1.31. The molecule has 1 atom stereocenters. The molecule has 2 amide bonds. The highest BCUT2D eigenvalue weighted by atomic mass is 35.5. The van der Waals surface area contributed by atoms with Crippen LogP contribution in [0.4, 0.5) is 0 Å². The molecule has 0 bridgehead atoms. The molecule has 0 N–H and O–H groups in total. The van der Waals surface area contributed by atoms with Gasteiger partial charge in [0.2, 0.25) is 5.91 Å². The van der Waals surface area contributed by atoms with Crippen LogP contribution in [0.25, 0.3) is 0 Å². The van der Waals surface area contributed by atoms with Crippen molar-refractivity contribution in [2.75, 3.05) is 32.9 Å². The maximum Gasteiger partial charge on any atom is 0.336 e. The smallest absolute Gasteiger partial charge is 0.336 e. The van der Waals surface area contributed by atoms with Crippen LogP contribution in [0.3, 0.4) is 0 Å². The fourth-order valence-electron chi connectivity index (χ4n) is 5.61. The molecule has 39 heavy (non-hydrogen) atoms. The lowest BCUT2D eigenvalue weighted by molar-refractivity contribution is -0.181. The van der Waals surface area contributed by atoms with Gasteiger partial charge in [0.1, 0.15) is 0 Å². The summed E-state index contributed by atoms with van der Waals surface area (Å²) in [7, 11) is 0. The van der Waals surface area contributed by atoms with Crippen LogP contribution in [-0.4, -0.2) is 66.3 Å². The Kier molecular flexibility index (Phi) is 8.07. The second-order valence-electron chi connectivity index (χ2n) is 10.1. The molecule has 0 radical (unpaired) electrons.